The quantitative estimate of drug-likeness (QED) is 0.784. The Morgan fingerprint density at radius 1 is 1.35 bits per heavy atom. The molecule has 0 unspecified atom stereocenters. The standard InChI is InChI=1S/C11H14FN3O4S/c1-19-11(16)14-5-7-15(8-6-14)20(17,18)10-9(12)3-2-4-13-10/h2-4H,5-8H2,1H3. The Labute approximate surface area is 116 Å². The van der Waals surface area contributed by atoms with Crippen molar-refractivity contribution < 1.29 is 22.3 Å². The molecule has 110 valence electrons. The van der Waals surface area contributed by atoms with Crippen molar-refractivity contribution in [2.45, 2.75) is 5.03 Å². The van der Waals surface area contributed by atoms with Crippen molar-refractivity contribution >= 4 is 16.1 Å². The molecule has 1 aliphatic heterocycles. The highest BCUT2D eigenvalue weighted by Gasteiger charge is 2.32. The largest absolute Gasteiger partial charge is 0.453 e. The smallest absolute Gasteiger partial charge is 0.409 e. The average molecular weight is 303 g/mol. The van der Waals surface area contributed by atoms with E-state index >= 15 is 0 Å². The van der Waals surface area contributed by atoms with Gasteiger partial charge in [-0.3, -0.25) is 0 Å². The zero-order valence-electron chi connectivity index (χ0n) is 10.8. The van der Waals surface area contributed by atoms with E-state index < -0.39 is 27.0 Å². The number of carbonyl (C=O) groups is 1. The lowest BCUT2D eigenvalue weighted by Crippen LogP contribution is -2.50. The van der Waals surface area contributed by atoms with Gasteiger partial charge in [-0.25, -0.2) is 22.6 Å². The Kier molecular flexibility index (Phi) is 4.19. The SMILES string of the molecule is COC(=O)N1CCN(S(=O)(=O)c2ncccc2F)CC1. The van der Waals surface area contributed by atoms with Crippen molar-refractivity contribution in [2.75, 3.05) is 33.3 Å². The van der Waals surface area contributed by atoms with Crippen LogP contribution in [-0.2, 0) is 14.8 Å². The molecule has 1 fully saturated rings. The van der Waals surface area contributed by atoms with Crippen molar-refractivity contribution in [3.8, 4) is 0 Å². The number of rotatable bonds is 2. The van der Waals surface area contributed by atoms with E-state index in [4.69, 9.17) is 0 Å². The van der Waals surface area contributed by atoms with Crippen molar-refractivity contribution in [1.82, 2.24) is 14.2 Å². The minimum atomic E-state index is -3.98. The normalized spacial score (nSPS) is 17.0. The molecule has 1 aromatic rings. The summed E-state index contributed by atoms with van der Waals surface area (Å²) in [5.74, 6) is -0.886. The molecule has 1 amide bonds. The number of aromatic nitrogens is 1. The van der Waals surface area contributed by atoms with Gasteiger partial charge in [-0.05, 0) is 12.1 Å². The number of nitrogens with zero attached hydrogens (tertiary/aromatic N) is 3. The van der Waals surface area contributed by atoms with Crippen LogP contribution in [0.1, 0.15) is 0 Å². The Balaban J connectivity index is 2.14. The molecule has 0 saturated carbocycles. The van der Waals surface area contributed by atoms with Crippen LogP contribution in [0, 0.1) is 5.82 Å². The molecule has 1 aromatic heterocycles. The molecule has 2 rings (SSSR count). The number of pyridine rings is 1. The first-order chi connectivity index (χ1) is 9.46. The molecular formula is C11H14FN3O4S. The van der Waals surface area contributed by atoms with Gasteiger partial charge < -0.3 is 9.64 Å². The Hall–Kier alpha value is -1.74. The van der Waals surface area contributed by atoms with Crippen LogP contribution < -0.4 is 0 Å². The average Bonchev–Trinajstić information content (AvgIpc) is 2.47. The van der Waals surface area contributed by atoms with Gasteiger partial charge >= 0.3 is 6.09 Å². The van der Waals surface area contributed by atoms with E-state index in [1.807, 2.05) is 0 Å². The highest BCUT2D eigenvalue weighted by atomic mass is 32.2. The number of methoxy groups -OCH3 is 1. The minimum absolute atomic E-state index is 0.0768. The van der Waals surface area contributed by atoms with E-state index in [-0.39, 0.29) is 26.2 Å². The van der Waals surface area contributed by atoms with Crippen LogP contribution in [0.15, 0.2) is 23.4 Å². The van der Waals surface area contributed by atoms with Crippen molar-refractivity contribution in [2.24, 2.45) is 0 Å². The summed E-state index contributed by atoms with van der Waals surface area (Å²) in [5, 5.41) is -0.591. The van der Waals surface area contributed by atoms with Crippen molar-refractivity contribution in [3.05, 3.63) is 24.1 Å². The summed E-state index contributed by atoms with van der Waals surface area (Å²) < 4.78 is 43.7. The maximum absolute atomic E-state index is 13.5. The second kappa shape index (κ2) is 5.71. The molecule has 20 heavy (non-hydrogen) atoms. The predicted molar refractivity (Wildman–Crippen MR) is 66.9 cm³/mol. The second-order valence-electron chi connectivity index (χ2n) is 4.15. The first-order valence-corrected chi connectivity index (χ1v) is 7.34. The molecule has 0 bridgehead atoms. The lowest BCUT2D eigenvalue weighted by molar-refractivity contribution is 0.107. The Morgan fingerprint density at radius 2 is 2.00 bits per heavy atom. The monoisotopic (exact) mass is 303 g/mol. The molecule has 7 nitrogen and oxygen atoms in total. The first kappa shape index (κ1) is 14.7. The zero-order valence-corrected chi connectivity index (χ0v) is 11.6. The lowest BCUT2D eigenvalue weighted by atomic mass is 10.4. The summed E-state index contributed by atoms with van der Waals surface area (Å²) in [6.45, 7) is 0.543. The molecule has 0 radical (unpaired) electrons. The molecule has 1 aliphatic rings. The number of hydrogen-bond acceptors (Lipinski definition) is 5. The maximum atomic E-state index is 13.5. The third-order valence-electron chi connectivity index (χ3n) is 2.98. The third kappa shape index (κ3) is 2.73. The molecule has 0 atom stereocenters. The number of carbonyl (C=O) groups excluding carboxylic acids is 1. The fourth-order valence-corrected chi connectivity index (χ4v) is 3.32. The number of sulfonamides is 1. The first-order valence-electron chi connectivity index (χ1n) is 5.90. The summed E-state index contributed by atoms with van der Waals surface area (Å²) in [5.41, 5.74) is 0. The van der Waals surface area contributed by atoms with Gasteiger partial charge in [0.1, 0.15) is 0 Å². The van der Waals surface area contributed by atoms with Crippen LogP contribution in [-0.4, -0.2) is 62.0 Å². The van der Waals surface area contributed by atoms with Crippen LogP contribution in [0.5, 0.6) is 0 Å². The molecular weight excluding hydrogens is 289 g/mol. The number of halogens is 1. The van der Waals surface area contributed by atoms with E-state index in [1.54, 1.807) is 0 Å². The van der Waals surface area contributed by atoms with Gasteiger partial charge in [0.15, 0.2) is 5.82 Å². The fourth-order valence-electron chi connectivity index (χ4n) is 1.92. The van der Waals surface area contributed by atoms with Crippen molar-refractivity contribution in [1.29, 1.82) is 0 Å². The third-order valence-corrected chi connectivity index (χ3v) is 4.81. The summed E-state index contributed by atoms with van der Waals surface area (Å²) in [7, 11) is -2.72. The van der Waals surface area contributed by atoms with E-state index in [2.05, 4.69) is 9.72 Å². The molecule has 0 N–H and O–H groups in total. The van der Waals surface area contributed by atoms with Gasteiger partial charge in [-0.2, -0.15) is 4.31 Å². The van der Waals surface area contributed by atoms with Gasteiger partial charge in [0.05, 0.1) is 7.11 Å². The Bertz CT molecular complexity index is 599. The van der Waals surface area contributed by atoms with Crippen molar-refractivity contribution in [3.63, 3.8) is 0 Å². The maximum Gasteiger partial charge on any atom is 0.409 e. The molecule has 1 saturated heterocycles. The van der Waals surface area contributed by atoms with Gasteiger partial charge in [0.25, 0.3) is 10.0 Å². The zero-order chi connectivity index (χ0) is 14.8. The summed E-state index contributed by atoms with van der Waals surface area (Å²) in [6.07, 6.45) is 0.715. The van der Waals surface area contributed by atoms with E-state index in [1.165, 1.54) is 24.3 Å². The Morgan fingerprint density at radius 3 is 2.55 bits per heavy atom. The number of hydrogen-bond donors (Lipinski definition) is 0. The lowest BCUT2D eigenvalue weighted by Gasteiger charge is -2.32. The molecule has 0 aliphatic carbocycles. The minimum Gasteiger partial charge on any atom is -0.453 e. The van der Waals surface area contributed by atoms with Crippen LogP contribution in [0.4, 0.5) is 9.18 Å². The van der Waals surface area contributed by atoms with E-state index in [0.29, 0.717) is 0 Å². The van der Waals surface area contributed by atoms with E-state index in [0.717, 1.165) is 10.4 Å². The molecule has 0 spiro atoms. The summed E-state index contributed by atoms with van der Waals surface area (Å²) in [6, 6.07) is 2.37. The summed E-state index contributed by atoms with van der Waals surface area (Å²) in [4.78, 5) is 16.3. The van der Waals surface area contributed by atoms with E-state index in [9.17, 15) is 17.6 Å². The van der Waals surface area contributed by atoms with Gasteiger partial charge in [0, 0.05) is 32.4 Å². The highest BCUT2D eigenvalue weighted by molar-refractivity contribution is 7.89. The van der Waals surface area contributed by atoms with Crippen LogP contribution in [0.25, 0.3) is 0 Å². The highest BCUT2D eigenvalue weighted by Crippen LogP contribution is 2.18. The van der Waals surface area contributed by atoms with Crippen LogP contribution in [0.2, 0.25) is 0 Å². The van der Waals surface area contributed by atoms with Gasteiger partial charge in [-0.1, -0.05) is 0 Å². The number of piperazine rings is 1. The molecule has 2 heterocycles. The van der Waals surface area contributed by atoms with Gasteiger partial charge in [-0.15, -0.1) is 0 Å². The molecule has 0 aromatic carbocycles. The van der Waals surface area contributed by atoms with Crippen LogP contribution in [0.3, 0.4) is 0 Å². The predicted octanol–water partition coefficient (Wildman–Crippen LogP) is 0.293. The number of amides is 1. The molecule has 9 heteroatoms. The second-order valence-corrected chi connectivity index (χ2v) is 6.00. The fraction of sp³-hybridized carbons (Fsp3) is 0.455. The van der Waals surface area contributed by atoms with Crippen LogP contribution >= 0.6 is 0 Å². The topological polar surface area (TPSA) is 79.8 Å². The summed E-state index contributed by atoms with van der Waals surface area (Å²) >= 11 is 0. The number of ether oxygens (including phenoxy) is 1. The van der Waals surface area contributed by atoms with Gasteiger partial charge in [0.2, 0.25) is 5.03 Å².